The van der Waals surface area contributed by atoms with Crippen molar-refractivity contribution >= 4 is 17.6 Å². The van der Waals surface area contributed by atoms with Gasteiger partial charge in [0.2, 0.25) is 0 Å². The third-order valence-electron chi connectivity index (χ3n) is 6.01. The van der Waals surface area contributed by atoms with Gasteiger partial charge in [0.25, 0.3) is 5.92 Å². The minimum Gasteiger partial charge on any atom is -0.481 e. The number of carboxylic acid groups (broad SMARTS) is 1. The fourth-order valence-corrected chi connectivity index (χ4v) is 4.42. The van der Waals surface area contributed by atoms with Crippen LogP contribution in [0.15, 0.2) is 54.7 Å². The lowest BCUT2D eigenvalue weighted by molar-refractivity contribution is -0.138. The maximum absolute atomic E-state index is 14.8. The van der Waals surface area contributed by atoms with Crippen molar-refractivity contribution in [2.24, 2.45) is 5.92 Å². The first kappa shape index (κ1) is 24.2. The first-order valence-electron chi connectivity index (χ1n) is 11.2. The van der Waals surface area contributed by atoms with E-state index in [4.69, 9.17) is 16.7 Å². The van der Waals surface area contributed by atoms with Crippen molar-refractivity contribution in [3.63, 3.8) is 0 Å². The number of rotatable bonds is 8. The summed E-state index contributed by atoms with van der Waals surface area (Å²) in [7, 11) is 0. The van der Waals surface area contributed by atoms with Crippen molar-refractivity contribution in [1.82, 2.24) is 14.9 Å². The summed E-state index contributed by atoms with van der Waals surface area (Å²) in [6.45, 7) is 4.11. The summed E-state index contributed by atoms with van der Waals surface area (Å²) < 4.78 is 29.6. The number of aliphatic carboxylic acids is 1. The standard InChI is InChI=1S/C26H26ClF2N3O2/c1-17(12-24(33)34)15-32-11-10-23-20(16-32)14-30-25(31-23)19-4-6-21(7-5-19)26(28,29)13-18-2-8-22(27)9-3-18/h2-9,14,17H,10-13,15-16H2,1H3,(H,33,34). The highest BCUT2D eigenvalue weighted by Crippen LogP contribution is 2.33. The predicted molar refractivity (Wildman–Crippen MR) is 127 cm³/mol. The van der Waals surface area contributed by atoms with E-state index in [2.05, 4.69) is 14.9 Å². The van der Waals surface area contributed by atoms with Crippen LogP contribution in [0.4, 0.5) is 8.78 Å². The first-order valence-corrected chi connectivity index (χ1v) is 11.6. The van der Waals surface area contributed by atoms with Crippen molar-refractivity contribution in [1.29, 1.82) is 0 Å². The van der Waals surface area contributed by atoms with Gasteiger partial charge < -0.3 is 5.11 Å². The molecule has 1 aliphatic heterocycles. The SMILES string of the molecule is CC(CC(=O)O)CN1CCc2nc(-c3ccc(C(F)(F)Cc4ccc(Cl)cc4)cc3)ncc2C1. The summed E-state index contributed by atoms with van der Waals surface area (Å²) in [6.07, 6.45) is 2.27. The van der Waals surface area contributed by atoms with E-state index in [1.165, 1.54) is 12.1 Å². The largest absolute Gasteiger partial charge is 0.481 e. The van der Waals surface area contributed by atoms with Gasteiger partial charge in [-0.3, -0.25) is 9.69 Å². The van der Waals surface area contributed by atoms with E-state index in [0.717, 1.165) is 24.2 Å². The topological polar surface area (TPSA) is 66.3 Å². The minimum absolute atomic E-state index is 0.0599. The number of carboxylic acids is 1. The monoisotopic (exact) mass is 485 g/mol. The van der Waals surface area contributed by atoms with Gasteiger partial charge in [-0.2, -0.15) is 0 Å². The van der Waals surface area contributed by atoms with Crippen LogP contribution in [-0.2, 0) is 30.1 Å². The molecule has 3 aromatic rings. The van der Waals surface area contributed by atoms with Gasteiger partial charge in [0.15, 0.2) is 5.82 Å². The summed E-state index contributed by atoms with van der Waals surface area (Å²) in [6, 6.07) is 12.6. The maximum atomic E-state index is 14.8. The van der Waals surface area contributed by atoms with Crippen LogP contribution in [0, 0.1) is 5.92 Å². The second-order valence-corrected chi connectivity index (χ2v) is 9.38. The molecule has 0 fully saturated rings. The summed E-state index contributed by atoms with van der Waals surface area (Å²) in [5.74, 6) is -3.22. The highest BCUT2D eigenvalue weighted by Gasteiger charge is 2.32. The molecular formula is C26H26ClF2N3O2. The van der Waals surface area contributed by atoms with E-state index in [-0.39, 0.29) is 17.9 Å². The Labute approximate surface area is 202 Å². The molecule has 4 rings (SSSR count). The highest BCUT2D eigenvalue weighted by atomic mass is 35.5. The molecule has 5 nitrogen and oxygen atoms in total. The zero-order valence-corrected chi connectivity index (χ0v) is 19.6. The van der Waals surface area contributed by atoms with Gasteiger partial charge in [-0.15, -0.1) is 0 Å². The Morgan fingerprint density at radius 1 is 1.18 bits per heavy atom. The van der Waals surface area contributed by atoms with Gasteiger partial charge in [0.1, 0.15) is 0 Å². The second kappa shape index (κ2) is 10.2. The number of hydrogen-bond donors (Lipinski definition) is 1. The molecule has 0 aliphatic carbocycles. The van der Waals surface area contributed by atoms with E-state index in [1.807, 2.05) is 6.92 Å². The zero-order chi connectivity index (χ0) is 24.3. The molecule has 0 radical (unpaired) electrons. The number of fused-ring (bicyclic) bond motifs is 1. The van der Waals surface area contributed by atoms with Gasteiger partial charge in [0, 0.05) is 66.8 Å². The van der Waals surface area contributed by atoms with Crippen LogP contribution in [0.25, 0.3) is 11.4 Å². The molecule has 1 aromatic heterocycles. The summed E-state index contributed by atoms with van der Waals surface area (Å²) in [5, 5.41) is 9.48. The highest BCUT2D eigenvalue weighted by molar-refractivity contribution is 6.30. The molecule has 2 aromatic carbocycles. The normalized spacial score (nSPS) is 15.1. The van der Waals surface area contributed by atoms with Crippen molar-refractivity contribution < 1.29 is 18.7 Å². The van der Waals surface area contributed by atoms with Gasteiger partial charge in [-0.25, -0.2) is 18.7 Å². The number of benzene rings is 2. The van der Waals surface area contributed by atoms with Gasteiger partial charge >= 0.3 is 5.97 Å². The quantitative estimate of drug-likeness (QED) is 0.450. The Morgan fingerprint density at radius 2 is 1.88 bits per heavy atom. The summed E-state index contributed by atoms with van der Waals surface area (Å²) >= 11 is 5.84. The Kier molecular flexibility index (Phi) is 7.24. The second-order valence-electron chi connectivity index (χ2n) is 8.94. The Hall–Kier alpha value is -2.90. The van der Waals surface area contributed by atoms with Crippen LogP contribution in [0.2, 0.25) is 5.02 Å². The van der Waals surface area contributed by atoms with Crippen LogP contribution in [0.1, 0.15) is 35.7 Å². The molecule has 1 aliphatic rings. The average Bonchev–Trinajstić information content (AvgIpc) is 2.79. The number of alkyl halides is 2. The van der Waals surface area contributed by atoms with Crippen molar-refractivity contribution in [3.05, 3.63) is 82.1 Å². The molecule has 0 saturated heterocycles. The van der Waals surface area contributed by atoms with Gasteiger partial charge in [0.05, 0.1) is 5.69 Å². The Bertz CT molecular complexity index is 1150. The van der Waals surface area contributed by atoms with Gasteiger partial charge in [-0.05, 0) is 23.6 Å². The molecule has 0 amide bonds. The van der Waals surface area contributed by atoms with Crippen molar-refractivity contribution in [2.75, 3.05) is 13.1 Å². The van der Waals surface area contributed by atoms with E-state index in [9.17, 15) is 13.6 Å². The lowest BCUT2D eigenvalue weighted by Gasteiger charge is -2.29. The lowest BCUT2D eigenvalue weighted by atomic mass is 9.99. The number of aromatic nitrogens is 2. The van der Waals surface area contributed by atoms with Crippen LogP contribution < -0.4 is 0 Å². The van der Waals surface area contributed by atoms with Gasteiger partial charge in [-0.1, -0.05) is 54.9 Å². The molecule has 1 atom stereocenters. The van der Waals surface area contributed by atoms with E-state index in [1.54, 1.807) is 42.6 Å². The van der Waals surface area contributed by atoms with Crippen LogP contribution in [0.3, 0.4) is 0 Å². The number of halogens is 3. The Balaban J connectivity index is 1.43. The summed E-state index contributed by atoms with van der Waals surface area (Å²) in [4.78, 5) is 22.3. The fraction of sp³-hybridized carbons (Fsp3) is 0.346. The van der Waals surface area contributed by atoms with E-state index >= 15 is 0 Å². The third kappa shape index (κ3) is 5.96. The fourth-order valence-electron chi connectivity index (χ4n) is 4.30. The number of hydrogen-bond acceptors (Lipinski definition) is 4. The van der Waals surface area contributed by atoms with Crippen molar-refractivity contribution in [3.8, 4) is 11.4 Å². The molecule has 0 bridgehead atoms. The molecule has 1 N–H and O–H groups in total. The average molecular weight is 486 g/mol. The number of carbonyl (C=O) groups is 1. The number of nitrogens with zero attached hydrogens (tertiary/aromatic N) is 3. The Morgan fingerprint density at radius 3 is 2.56 bits per heavy atom. The molecular weight excluding hydrogens is 460 g/mol. The molecule has 178 valence electrons. The summed E-state index contributed by atoms with van der Waals surface area (Å²) in [5.41, 5.74) is 3.11. The minimum atomic E-state index is -3.01. The first-order chi connectivity index (χ1) is 16.2. The zero-order valence-electron chi connectivity index (χ0n) is 18.8. The molecule has 0 saturated carbocycles. The van der Waals surface area contributed by atoms with Crippen molar-refractivity contribution in [2.45, 2.75) is 38.7 Å². The third-order valence-corrected chi connectivity index (χ3v) is 6.26. The van der Waals surface area contributed by atoms with E-state index < -0.39 is 18.3 Å². The molecule has 34 heavy (non-hydrogen) atoms. The van der Waals surface area contributed by atoms with Crippen LogP contribution in [-0.4, -0.2) is 39.0 Å². The molecule has 2 heterocycles. The van der Waals surface area contributed by atoms with Crippen LogP contribution in [0.5, 0.6) is 0 Å². The lowest BCUT2D eigenvalue weighted by Crippen LogP contribution is -2.35. The molecule has 1 unspecified atom stereocenters. The van der Waals surface area contributed by atoms with E-state index in [0.29, 0.717) is 35.1 Å². The van der Waals surface area contributed by atoms with Crippen LogP contribution >= 0.6 is 11.6 Å². The maximum Gasteiger partial charge on any atom is 0.303 e. The smallest absolute Gasteiger partial charge is 0.303 e. The molecule has 0 spiro atoms. The predicted octanol–water partition coefficient (Wildman–Crippen LogP) is 5.60. The molecule has 8 heteroatoms.